The molecule has 0 aliphatic heterocycles. The van der Waals surface area contributed by atoms with Crippen LogP contribution in [0.15, 0.2) is 7.68 Å². The first-order chi connectivity index (χ1) is 6.17. The van der Waals surface area contributed by atoms with Gasteiger partial charge in [0.15, 0.2) is 0 Å². The Morgan fingerprint density at radius 2 is 1.57 bits per heavy atom. The van der Waals surface area contributed by atoms with Crippen LogP contribution >= 0.6 is 11.6 Å². The van der Waals surface area contributed by atoms with E-state index in [-0.39, 0.29) is 0 Å². The van der Waals surface area contributed by atoms with Crippen LogP contribution in [0.1, 0.15) is 12.8 Å². The van der Waals surface area contributed by atoms with Crippen molar-refractivity contribution in [2.24, 2.45) is 0 Å². The molecule has 0 amide bonds. The fourth-order valence-electron chi connectivity index (χ4n) is 1.44. The average Bonchev–Trinajstić information content (AvgIpc) is 1.93. The normalized spacial score (nSPS) is 14.6. The second-order valence-electron chi connectivity index (χ2n) is 6.08. The topological polar surface area (TPSA) is 0 Å². The van der Waals surface area contributed by atoms with E-state index in [4.69, 9.17) is 11.6 Å². The fraction of sp³-hybridized carbons (Fsp3) is 0.818. The van der Waals surface area contributed by atoms with Crippen LogP contribution in [-0.2, 0) is 0 Å². The third-order valence-electron chi connectivity index (χ3n) is 2.15. The number of hydrogen-bond donors (Lipinski definition) is 0. The molecule has 0 bridgehead atoms. The molecule has 14 heavy (non-hydrogen) atoms. The van der Waals surface area contributed by atoms with Crippen molar-refractivity contribution in [1.82, 2.24) is 0 Å². The van der Waals surface area contributed by atoms with Gasteiger partial charge in [0.2, 0.25) is 0 Å². The van der Waals surface area contributed by atoms with Gasteiger partial charge in [0.05, 0.1) is 0 Å². The summed E-state index contributed by atoms with van der Waals surface area (Å²) < 4.78 is 4.54. The van der Waals surface area contributed by atoms with Crippen LogP contribution in [-0.4, -0.2) is 42.6 Å². The summed E-state index contributed by atoms with van der Waals surface area (Å²) in [5.41, 5.74) is 0. The van der Waals surface area contributed by atoms with Gasteiger partial charge in [0.1, 0.15) is 0 Å². The maximum absolute atomic E-state index is 5.78. The first kappa shape index (κ1) is 15.6. The van der Waals surface area contributed by atoms with Gasteiger partial charge in [-0.25, -0.2) is 0 Å². The van der Waals surface area contributed by atoms with Gasteiger partial charge in [-0.3, -0.25) is 0 Å². The van der Waals surface area contributed by atoms with Gasteiger partial charge in [-0.05, 0) is 0 Å². The molecule has 0 rings (SSSR count). The molecule has 0 aliphatic carbocycles. The van der Waals surface area contributed by atoms with Gasteiger partial charge in [-0.1, -0.05) is 0 Å². The molecule has 0 heterocycles. The van der Waals surface area contributed by atoms with E-state index in [9.17, 15) is 0 Å². The zero-order chi connectivity index (χ0) is 11.4. The van der Waals surface area contributed by atoms with Crippen LogP contribution in [0.3, 0.4) is 0 Å². The van der Waals surface area contributed by atoms with E-state index in [0.29, 0.717) is 0 Å². The molecule has 0 aromatic rings. The quantitative estimate of drug-likeness (QED) is 0.439. The third-order valence-corrected chi connectivity index (χ3v) is 14.9. The summed E-state index contributed by atoms with van der Waals surface area (Å²) in [4.78, 5) is 15.0. The summed E-state index contributed by atoms with van der Waals surface area (Å²) in [5.74, 6) is 0.818. The van der Waals surface area contributed by atoms with Crippen molar-refractivity contribution in [3.05, 3.63) is 7.68 Å². The van der Waals surface area contributed by atoms with Gasteiger partial charge >= 0.3 is 104 Å². The third kappa shape index (κ3) is 7.86. The van der Waals surface area contributed by atoms with Crippen molar-refractivity contribution in [2.45, 2.75) is 42.5 Å². The van der Waals surface area contributed by atoms with E-state index in [1.807, 2.05) is 3.59 Å². The van der Waals surface area contributed by atoms with Crippen LogP contribution in [0.4, 0.5) is 0 Å². The standard InChI is InChI=1S/C5H7Cl.6CH3.2Sn/c1-2-3-4-5-6;;;;;;;;/h1H,3-5H2;6*1H3;;. The Balaban J connectivity index is 4.65. The molecule has 0 radical (unpaired) electrons. The SMILES string of the molecule is [CH3][Sn]([CH3])([CH3])/[CH]=[C](\CCCCl)[Sn]([CH3])([CH3])[CH3]. The summed E-state index contributed by atoms with van der Waals surface area (Å²) >= 11 is 2.25. The Labute approximate surface area is 103 Å². The molecule has 0 aromatic heterocycles. The zero-order valence-corrected chi connectivity index (χ0v) is 17.0. The summed E-state index contributed by atoms with van der Waals surface area (Å²) in [6, 6.07) is 0. The Bertz CT molecular complexity index is 196. The van der Waals surface area contributed by atoms with Crippen molar-refractivity contribution < 1.29 is 0 Å². The molecular weight excluding hydrogens is 405 g/mol. The predicted octanol–water partition coefficient (Wildman–Crippen LogP) is 4.69. The average molecular weight is 430 g/mol. The van der Waals surface area contributed by atoms with E-state index in [1.54, 1.807) is 0 Å². The van der Waals surface area contributed by atoms with E-state index < -0.39 is 36.8 Å². The Kier molecular flexibility index (Phi) is 7.13. The van der Waals surface area contributed by atoms with Crippen molar-refractivity contribution in [1.29, 1.82) is 0 Å². The second-order valence-corrected chi connectivity index (χ2v) is 35.5. The van der Waals surface area contributed by atoms with Crippen molar-refractivity contribution in [3.8, 4) is 0 Å². The van der Waals surface area contributed by atoms with Gasteiger partial charge in [-0.15, -0.1) is 0 Å². The van der Waals surface area contributed by atoms with E-state index in [0.717, 1.165) is 5.88 Å². The van der Waals surface area contributed by atoms with Gasteiger partial charge in [0, 0.05) is 0 Å². The summed E-state index contributed by atoms with van der Waals surface area (Å²) in [6.45, 7) is 0. The monoisotopic (exact) mass is 432 g/mol. The van der Waals surface area contributed by atoms with E-state index in [2.05, 4.69) is 33.7 Å². The molecule has 0 nitrogen and oxygen atoms in total. The Morgan fingerprint density at radius 1 is 1.07 bits per heavy atom. The number of rotatable bonds is 5. The molecule has 0 saturated carbocycles. The summed E-state index contributed by atoms with van der Waals surface area (Å²) in [5, 5.41) is 0. The second kappa shape index (κ2) is 6.38. The van der Waals surface area contributed by atoms with E-state index >= 15 is 0 Å². The Morgan fingerprint density at radius 3 is 1.86 bits per heavy atom. The molecular formula is C11H25ClSn2. The predicted molar refractivity (Wildman–Crippen MR) is 74.7 cm³/mol. The molecule has 0 N–H and O–H groups in total. The number of allylic oxidation sites excluding steroid dienone is 1. The van der Waals surface area contributed by atoms with E-state index in [1.165, 1.54) is 12.8 Å². The maximum atomic E-state index is 5.78. The molecule has 0 fully saturated rings. The molecule has 84 valence electrons. The minimum atomic E-state index is -1.80. The summed E-state index contributed by atoms with van der Waals surface area (Å²) in [6.07, 6.45) is 2.45. The van der Waals surface area contributed by atoms with Crippen LogP contribution in [0.25, 0.3) is 0 Å². The number of alkyl halides is 1. The molecule has 0 aliphatic rings. The van der Waals surface area contributed by atoms with Crippen molar-refractivity contribution in [3.63, 3.8) is 0 Å². The van der Waals surface area contributed by atoms with Gasteiger partial charge < -0.3 is 0 Å². The van der Waals surface area contributed by atoms with Crippen molar-refractivity contribution >= 4 is 48.4 Å². The zero-order valence-electron chi connectivity index (χ0n) is 10.6. The summed E-state index contributed by atoms with van der Waals surface area (Å²) in [7, 11) is 0. The first-order valence-corrected chi connectivity index (χ1v) is 26.2. The van der Waals surface area contributed by atoms with Crippen LogP contribution < -0.4 is 0 Å². The number of halogens is 1. The molecule has 0 unspecified atom stereocenters. The van der Waals surface area contributed by atoms with Gasteiger partial charge in [0.25, 0.3) is 0 Å². The molecule has 0 saturated heterocycles. The Hall–Kier alpha value is 1.63. The molecule has 0 spiro atoms. The minimum absolute atomic E-state index is 0.818. The fourth-order valence-corrected chi connectivity index (χ4v) is 25.4. The van der Waals surface area contributed by atoms with Gasteiger partial charge in [-0.2, -0.15) is 0 Å². The number of hydrogen-bond acceptors (Lipinski definition) is 0. The molecule has 0 atom stereocenters. The van der Waals surface area contributed by atoms with Crippen molar-refractivity contribution in [2.75, 3.05) is 5.88 Å². The molecule has 3 heteroatoms. The van der Waals surface area contributed by atoms with Crippen LogP contribution in [0.5, 0.6) is 0 Å². The first-order valence-electron chi connectivity index (χ1n) is 5.45. The van der Waals surface area contributed by atoms with Crippen LogP contribution in [0, 0.1) is 0 Å². The molecule has 0 aromatic carbocycles. The van der Waals surface area contributed by atoms with Crippen LogP contribution in [0.2, 0.25) is 29.6 Å².